The monoisotopic (exact) mass is 237 g/mol. The van der Waals surface area contributed by atoms with Gasteiger partial charge in [0, 0.05) is 19.0 Å². The van der Waals surface area contributed by atoms with Crippen LogP contribution in [0.3, 0.4) is 0 Å². The average molecular weight is 237 g/mol. The van der Waals surface area contributed by atoms with Crippen molar-refractivity contribution in [3.05, 3.63) is 23.9 Å². The van der Waals surface area contributed by atoms with E-state index in [4.69, 9.17) is 5.84 Å². The van der Waals surface area contributed by atoms with Crippen molar-refractivity contribution in [2.45, 2.75) is 10.9 Å². The molecule has 0 bridgehead atoms. The number of anilines is 1. The summed E-state index contributed by atoms with van der Waals surface area (Å²) in [6.45, 7) is 0. The van der Waals surface area contributed by atoms with Crippen LogP contribution in [0.15, 0.2) is 23.5 Å². The van der Waals surface area contributed by atoms with Crippen LogP contribution in [0, 0.1) is 0 Å². The number of hydrazine groups is 1. The third-order valence-corrected chi connectivity index (χ3v) is 3.00. The Morgan fingerprint density at radius 3 is 3.12 bits per heavy atom. The average Bonchev–Trinajstić information content (AvgIpc) is 2.72. The molecule has 16 heavy (non-hydrogen) atoms. The van der Waals surface area contributed by atoms with Crippen LogP contribution in [0.1, 0.15) is 5.56 Å². The molecule has 8 heteroatoms. The molecule has 0 spiro atoms. The molecular weight excluding hydrogens is 226 g/mol. The van der Waals surface area contributed by atoms with Gasteiger partial charge in [0.15, 0.2) is 0 Å². The summed E-state index contributed by atoms with van der Waals surface area (Å²) in [5, 5.41) is 12.0. The molecule has 0 amide bonds. The first-order valence-corrected chi connectivity index (χ1v) is 5.55. The van der Waals surface area contributed by atoms with Crippen molar-refractivity contribution in [1.82, 2.24) is 25.2 Å². The Morgan fingerprint density at radius 2 is 2.44 bits per heavy atom. The van der Waals surface area contributed by atoms with Crippen molar-refractivity contribution in [3.63, 3.8) is 0 Å². The number of pyridine rings is 1. The Balaban J connectivity index is 2.02. The summed E-state index contributed by atoms with van der Waals surface area (Å²) < 4.78 is 1.63. The number of aryl methyl sites for hydroxylation is 1. The predicted octanol–water partition coefficient (Wildman–Crippen LogP) is 0.183. The zero-order chi connectivity index (χ0) is 11.4. The van der Waals surface area contributed by atoms with Gasteiger partial charge in [0.25, 0.3) is 0 Å². The number of nitrogens with zero attached hydrogens (tertiary/aromatic N) is 5. The van der Waals surface area contributed by atoms with Gasteiger partial charge < -0.3 is 5.43 Å². The number of hydrogen-bond acceptors (Lipinski definition) is 7. The number of nitrogens with one attached hydrogen (secondary N) is 1. The Morgan fingerprint density at radius 1 is 1.56 bits per heavy atom. The fraction of sp³-hybridized carbons (Fsp3) is 0.250. The molecule has 3 N–H and O–H groups in total. The third-order valence-electron chi connectivity index (χ3n) is 1.92. The molecule has 0 saturated carbocycles. The van der Waals surface area contributed by atoms with Gasteiger partial charge in [0.1, 0.15) is 5.82 Å². The van der Waals surface area contributed by atoms with E-state index in [-0.39, 0.29) is 0 Å². The van der Waals surface area contributed by atoms with Gasteiger partial charge in [-0.25, -0.2) is 15.5 Å². The van der Waals surface area contributed by atoms with E-state index >= 15 is 0 Å². The summed E-state index contributed by atoms with van der Waals surface area (Å²) in [5.74, 6) is 6.69. The van der Waals surface area contributed by atoms with Crippen molar-refractivity contribution < 1.29 is 0 Å². The van der Waals surface area contributed by atoms with Crippen LogP contribution in [0.25, 0.3) is 0 Å². The van der Waals surface area contributed by atoms with Gasteiger partial charge in [0.2, 0.25) is 5.16 Å². The van der Waals surface area contributed by atoms with Gasteiger partial charge in [0.05, 0.1) is 0 Å². The molecule has 0 aliphatic heterocycles. The summed E-state index contributed by atoms with van der Waals surface area (Å²) in [6, 6.07) is 3.81. The largest absolute Gasteiger partial charge is 0.308 e. The number of hydrogen-bond donors (Lipinski definition) is 2. The SMILES string of the molecule is Cn1nnnc1SCc1ccnc(NN)c1. The van der Waals surface area contributed by atoms with Crippen LogP contribution in [-0.2, 0) is 12.8 Å². The second-order valence-electron chi connectivity index (χ2n) is 3.07. The summed E-state index contributed by atoms with van der Waals surface area (Å²) in [4.78, 5) is 4.03. The van der Waals surface area contributed by atoms with E-state index in [1.165, 1.54) is 0 Å². The number of rotatable bonds is 4. The highest BCUT2D eigenvalue weighted by atomic mass is 32.2. The van der Waals surface area contributed by atoms with Crippen LogP contribution >= 0.6 is 11.8 Å². The van der Waals surface area contributed by atoms with E-state index in [1.807, 2.05) is 19.2 Å². The van der Waals surface area contributed by atoms with Gasteiger partial charge in [-0.1, -0.05) is 11.8 Å². The first-order valence-electron chi connectivity index (χ1n) is 4.56. The van der Waals surface area contributed by atoms with Crippen LogP contribution in [-0.4, -0.2) is 25.2 Å². The molecular formula is C8H11N7S. The maximum atomic E-state index is 5.28. The number of thioether (sulfide) groups is 1. The quantitative estimate of drug-likeness (QED) is 0.445. The lowest BCUT2D eigenvalue weighted by Crippen LogP contribution is -2.08. The van der Waals surface area contributed by atoms with E-state index in [0.717, 1.165) is 16.5 Å². The minimum absolute atomic E-state index is 0.647. The van der Waals surface area contributed by atoms with Crippen LogP contribution in [0.5, 0.6) is 0 Å². The van der Waals surface area contributed by atoms with Crippen molar-refractivity contribution in [1.29, 1.82) is 0 Å². The molecule has 84 valence electrons. The zero-order valence-electron chi connectivity index (χ0n) is 8.66. The molecule has 7 nitrogen and oxygen atoms in total. The highest BCUT2D eigenvalue weighted by Gasteiger charge is 2.03. The van der Waals surface area contributed by atoms with Crippen LogP contribution < -0.4 is 11.3 Å². The van der Waals surface area contributed by atoms with E-state index in [2.05, 4.69) is 25.9 Å². The van der Waals surface area contributed by atoms with Crippen molar-refractivity contribution >= 4 is 17.6 Å². The Labute approximate surface area is 96.4 Å². The fourth-order valence-corrected chi connectivity index (χ4v) is 1.93. The van der Waals surface area contributed by atoms with Crippen LogP contribution in [0.2, 0.25) is 0 Å². The minimum Gasteiger partial charge on any atom is -0.308 e. The van der Waals surface area contributed by atoms with Crippen LogP contribution in [0.4, 0.5) is 5.82 Å². The number of nitrogens with two attached hydrogens (primary N) is 1. The maximum absolute atomic E-state index is 5.28. The summed E-state index contributed by atoms with van der Waals surface area (Å²) in [5.41, 5.74) is 3.61. The normalized spacial score (nSPS) is 10.4. The molecule has 2 rings (SSSR count). The van der Waals surface area contributed by atoms with Gasteiger partial charge in [-0.15, -0.1) is 5.10 Å². The van der Waals surface area contributed by atoms with E-state index in [1.54, 1.807) is 22.6 Å². The van der Waals surface area contributed by atoms with Crippen molar-refractivity contribution in [2.24, 2.45) is 12.9 Å². The topological polar surface area (TPSA) is 94.5 Å². The van der Waals surface area contributed by atoms with E-state index in [9.17, 15) is 0 Å². The third kappa shape index (κ3) is 2.47. The molecule has 0 unspecified atom stereocenters. The van der Waals surface area contributed by atoms with E-state index in [0.29, 0.717) is 5.82 Å². The zero-order valence-corrected chi connectivity index (χ0v) is 9.48. The molecule has 0 saturated heterocycles. The fourth-order valence-electron chi connectivity index (χ4n) is 1.13. The highest BCUT2D eigenvalue weighted by molar-refractivity contribution is 7.98. The van der Waals surface area contributed by atoms with E-state index < -0.39 is 0 Å². The lowest BCUT2D eigenvalue weighted by Gasteiger charge is -2.02. The smallest absolute Gasteiger partial charge is 0.209 e. The molecule has 0 radical (unpaired) electrons. The molecule has 0 atom stereocenters. The molecule has 2 aromatic heterocycles. The molecule has 0 fully saturated rings. The van der Waals surface area contributed by atoms with Crippen molar-refractivity contribution in [3.8, 4) is 0 Å². The molecule has 2 aromatic rings. The second-order valence-corrected chi connectivity index (χ2v) is 4.01. The Hall–Kier alpha value is -1.67. The molecule has 2 heterocycles. The standard InChI is InChI=1S/C8H11N7S/c1-15-8(12-13-14-15)16-5-6-2-3-10-7(4-6)11-9/h2-4H,5,9H2,1H3,(H,10,11). The van der Waals surface area contributed by atoms with Gasteiger partial charge in [-0.2, -0.15) is 0 Å². The van der Waals surface area contributed by atoms with Gasteiger partial charge >= 0.3 is 0 Å². The lowest BCUT2D eigenvalue weighted by atomic mass is 10.3. The maximum Gasteiger partial charge on any atom is 0.209 e. The Bertz CT molecular complexity index is 469. The second kappa shape index (κ2) is 4.90. The number of aromatic nitrogens is 5. The molecule has 0 aliphatic rings. The molecule has 0 aromatic carbocycles. The lowest BCUT2D eigenvalue weighted by molar-refractivity contribution is 0.664. The number of tetrazole rings is 1. The number of nitrogen functional groups attached to an aromatic ring is 1. The first-order chi connectivity index (χ1) is 7.79. The molecule has 0 aliphatic carbocycles. The minimum atomic E-state index is 0.647. The van der Waals surface area contributed by atoms with Gasteiger partial charge in [-0.3, -0.25) is 0 Å². The summed E-state index contributed by atoms with van der Waals surface area (Å²) >= 11 is 1.56. The Kier molecular flexibility index (Phi) is 3.32. The highest BCUT2D eigenvalue weighted by Crippen LogP contribution is 2.19. The first kappa shape index (κ1) is 10.8. The van der Waals surface area contributed by atoms with Crippen molar-refractivity contribution in [2.75, 3.05) is 5.43 Å². The summed E-state index contributed by atoms with van der Waals surface area (Å²) in [7, 11) is 1.81. The summed E-state index contributed by atoms with van der Waals surface area (Å²) in [6.07, 6.45) is 1.71. The predicted molar refractivity (Wildman–Crippen MR) is 60.4 cm³/mol. The van der Waals surface area contributed by atoms with Gasteiger partial charge in [-0.05, 0) is 28.1 Å².